The average Bonchev–Trinajstić information content (AvgIpc) is 1.86. The van der Waals surface area contributed by atoms with Crippen LogP contribution in [0.5, 0.6) is 0 Å². The van der Waals surface area contributed by atoms with E-state index >= 15 is 0 Å². The van der Waals surface area contributed by atoms with E-state index < -0.39 is 0 Å². The van der Waals surface area contributed by atoms with Crippen LogP contribution in [0.25, 0.3) is 0 Å². The Morgan fingerprint density at radius 2 is 2.29 bits per heavy atom. The standard InChI is InChI=1S/C4H3ClS.Zn/c5-4-2-1-3-6-4;/h1-3H;. The van der Waals surface area contributed by atoms with Crippen molar-refractivity contribution in [3.8, 4) is 0 Å². The molecule has 0 aliphatic rings. The second-order valence-corrected chi connectivity index (χ2v) is 2.50. The summed E-state index contributed by atoms with van der Waals surface area (Å²) in [6, 6.07) is 3.79. The van der Waals surface area contributed by atoms with E-state index in [0.29, 0.717) is 0 Å². The third kappa shape index (κ3) is 2.43. The molecule has 0 spiro atoms. The fourth-order valence-electron chi connectivity index (χ4n) is 0.259. The molecule has 0 aliphatic heterocycles. The zero-order valence-corrected chi connectivity index (χ0v) is 8.26. The van der Waals surface area contributed by atoms with Gasteiger partial charge in [0.15, 0.2) is 0 Å². The van der Waals surface area contributed by atoms with Crippen LogP contribution in [0.2, 0.25) is 4.34 Å². The van der Waals surface area contributed by atoms with E-state index in [0.717, 1.165) is 4.34 Å². The van der Waals surface area contributed by atoms with Gasteiger partial charge in [0.25, 0.3) is 0 Å². The van der Waals surface area contributed by atoms with Crippen molar-refractivity contribution in [2.45, 2.75) is 0 Å². The molecule has 0 nitrogen and oxygen atoms in total. The maximum absolute atomic E-state index is 5.47. The Hall–Kier alpha value is 0.613. The summed E-state index contributed by atoms with van der Waals surface area (Å²) in [5.74, 6) is 0. The molecule has 3 heteroatoms. The molecule has 0 radical (unpaired) electrons. The molecule has 1 aromatic rings. The largest absolute Gasteiger partial charge is 0.132 e. The van der Waals surface area contributed by atoms with E-state index in [4.69, 9.17) is 11.6 Å². The van der Waals surface area contributed by atoms with Crippen molar-refractivity contribution >= 4 is 22.9 Å². The first kappa shape index (κ1) is 7.61. The van der Waals surface area contributed by atoms with Gasteiger partial charge in [0.05, 0.1) is 4.34 Å². The van der Waals surface area contributed by atoms with Gasteiger partial charge in [0.2, 0.25) is 0 Å². The van der Waals surface area contributed by atoms with Crippen LogP contribution >= 0.6 is 22.9 Å². The van der Waals surface area contributed by atoms with Crippen molar-refractivity contribution in [2.24, 2.45) is 0 Å². The Morgan fingerprint density at radius 3 is 2.43 bits per heavy atom. The molecule has 0 bridgehead atoms. The van der Waals surface area contributed by atoms with Crippen molar-refractivity contribution in [3.05, 3.63) is 21.8 Å². The van der Waals surface area contributed by atoms with Crippen LogP contribution in [-0.4, -0.2) is 0 Å². The third-order valence-electron chi connectivity index (χ3n) is 0.486. The summed E-state index contributed by atoms with van der Waals surface area (Å²) in [5, 5.41) is 1.95. The molecule has 0 fully saturated rings. The van der Waals surface area contributed by atoms with Gasteiger partial charge >= 0.3 is 0 Å². The summed E-state index contributed by atoms with van der Waals surface area (Å²) in [6.07, 6.45) is 0. The van der Waals surface area contributed by atoms with Gasteiger partial charge in [-0.1, -0.05) is 11.6 Å². The van der Waals surface area contributed by atoms with Gasteiger partial charge in [0, 0.05) is 19.5 Å². The summed E-state index contributed by atoms with van der Waals surface area (Å²) in [6.45, 7) is 0. The molecule has 1 heterocycles. The molecule has 0 N–H and O–H groups in total. The number of thiophene rings is 1. The first-order valence-corrected chi connectivity index (χ1v) is 2.84. The molecule has 0 atom stereocenters. The van der Waals surface area contributed by atoms with E-state index in [2.05, 4.69) is 0 Å². The molecule has 0 saturated heterocycles. The normalized spacial score (nSPS) is 7.57. The fraction of sp³-hybridized carbons (Fsp3) is 0. The molecule has 7 heavy (non-hydrogen) atoms. The molecule has 1 aromatic heterocycles. The van der Waals surface area contributed by atoms with Crippen LogP contribution in [0.3, 0.4) is 0 Å². The van der Waals surface area contributed by atoms with Gasteiger partial charge in [-0.2, -0.15) is 0 Å². The van der Waals surface area contributed by atoms with Crippen molar-refractivity contribution in [3.63, 3.8) is 0 Å². The summed E-state index contributed by atoms with van der Waals surface area (Å²) < 4.78 is 0.856. The Balaban J connectivity index is 0.000000360. The molecular weight excluding hydrogens is 181 g/mol. The second-order valence-electron chi connectivity index (χ2n) is 0.917. The van der Waals surface area contributed by atoms with Crippen LogP contribution in [0.4, 0.5) is 0 Å². The van der Waals surface area contributed by atoms with Crippen LogP contribution < -0.4 is 0 Å². The van der Waals surface area contributed by atoms with Crippen LogP contribution in [0, 0.1) is 0 Å². The van der Waals surface area contributed by atoms with Crippen molar-refractivity contribution < 1.29 is 19.5 Å². The number of hydrogen-bond acceptors (Lipinski definition) is 1. The molecule has 0 unspecified atom stereocenters. The summed E-state index contributed by atoms with van der Waals surface area (Å²) in [4.78, 5) is 0. The minimum atomic E-state index is 0. The van der Waals surface area contributed by atoms with Crippen molar-refractivity contribution in [1.29, 1.82) is 0 Å². The van der Waals surface area contributed by atoms with Crippen LogP contribution in [0.15, 0.2) is 17.5 Å². The maximum Gasteiger partial charge on any atom is 0.0928 e. The molecule has 0 amide bonds. The molecule has 0 aromatic carbocycles. The van der Waals surface area contributed by atoms with E-state index in [-0.39, 0.29) is 19.5 Å². The zero-order valence-electron chi connectivity index (χ0n) is 3.73. The summed E-state index contributed by atoms with van der Waals surface area (Å²) in [7, 11) is 0. The average molecular weight is 184 g/mol. The number of hydrogen-bond donors (Lipinski definition) is 0. The number of rotatable bonds is 0. The van der Waals surface area contributed by atoms with Crippen LogP contribution in [-0.2, 0) is 19.5 Å². The molecular formula is C4H3ClSZn. The molecule has 34 valence electrons. The van der Waals surface area contributed by atoms with Gasteiger partial charge in [0.1, 0.15) is 0 Å². The van der Waals surface area contributed by atoms with Gasteiger partial charge < -0.3 is 0 Å². The quantitative estimate of drug-likeness (QED) is 0.543. The Bertz CT molecular complexity index is 115. The Morgan fingerprint density at radius 1 is 1.57 bits per heavy atom. The fourth-order valence-corrected chi connectivity index (χ4v) is 0.930. The topological polar surface area (TPSA) is 0 Å². The van der Waals surface area contributed by atoms with E-state index in [1.54, 1.807) is 11.3 Å². The number of halogens is 1. The minimum Gasteiger partial charge on any atom is -0.132 e. The Labute approximate surface area is 64.3 Å². The maximum atomic E-state index is 5.47. The van der Waals surface area contributed by atoms with Gasteiger partial charge in [-0.05, 0) is 17.5 Å². The van der Waals surface area contributed by atoms with Gasteiger partial charge in [-0.25, -0.2) is 0 Å². The van der Waals surface area contributed by atoms with E-state index in [9.17, 15) is 0 Å². The zero-order chi connectivity index (χ0) is 4.41. The summed E-state index contributed by atoms with van der Waals surface area (Å²) in [5.41, 5.74) is 0. The third-order valence-corrected chi connectivity index (χ3v) is 1.53. The monoisotopic (exact) mass is 182 g/mol. The minimum absolute atomic E-state index is 0. The first-order chi connectivity index (χ1) is 2.89. The molecule has 0 saturated carbocycles. The van der Waals surface area contributed by atoms with Gasteiger partial charge in [-0.3, -0.25) is 0 Å². The van der Waals surface area contributed by atoms with Crippen molar-refractivity contribution in [1.82, 2.24) is 0 Å². The summed E-state index contributed by atoms with van der Waals surface area (Å²) >= 11 is 7.02. The predicted molar refractivity (Wildman–Crippen MR) is 29.3 cm³/mol. The SMILES string of the molecule is Clc1cccs1.[Zn]. The Kier molecular flexibility index (Phi) is 3.91. The molecule has 0 aliphatic carbocycles. The van der Waals surface area contributed by atoms with Crippen LogP contribution in [0.1, 0.15) is 0 Å². The van der Waals surface area contributed by atoms with Gasteiger partial charge in [-0.15, -0.1) is 11.3 Å². The predicted octanol–water partition coefficient (Wildman–Crippen LogP) is 2.40. The molecule has 1 rings (SSSR count). The van der Waals surface area contributed by atoms with E-state index in [1.165, 1.54) is 0 Å². The van der Waals surface area contributed by atoms with Crippen molar-refractivity contribution in [2.75, 3.05) is 0 Å². The smallest absolute Gasteiger partial charge is 0.0928 e. The first-order valence-electron chi connectivity index (χ1n) is 1.58. The second kappa shape index (κ2) is 3.60. The van der Waals surface area contributed by atoms with E-state index in [1.807, 2.05) is 17.5 Å².